The number of urea groups is 1. The van der Waals surface area contributed by atoms with Gasteiger partial charge in [-0.1, -0.05) is 24.3 Å². The number of carbonyl (C=O) groups excluding carboxylic acids is 1. The van der Waals surface area contributed by atoms with E-state index in [0.717, 1.165) is 6.42 Å². The molecule has 0 aromatic heterocycles. The molecule has 0 bridgehead atoms. The number of amides is 2. The number of aliphatic hydroxyl groups excluding tert-OH is 1. The Morgan fingerprint density at radius 3 is 2.58 bits per heavy atom. The molecule has 2 aliphatic heterocycles. The molecule has 2 aromatic rings. The predicted molar refractivity (Wildman–Crippen MR) is 133 cm³/mol. The first-order valence-electron chi connectivity index (χ1n) is 12.8. The molecule has 0 spiro atoms. The van der Waals surface area contributed by atoms with E-state index in [2.05, 4.69) is 0 Å². The summed E-state index contributed by atoms with van der Waals surface area (Å²) >= 11 is 0. The topological polar surface area (TPSA) is 73.2 Å². The summed E-state index contributed by atoms with van der Waals surface area (Å²) in [6.07, 6.45) is 3.17. The molecule has 36 heavy (non-hydrogen) atoms. The number of aliphatic hydroxyl groups is 2. The minimum absolute atomic E-state index is 0.137. The normalized spacial score (nSPS) is 22.0. The molecule has 0 radical (unpaired) electrons. The van der Waals surface area contributed by atoms with Crippen molar-refractivity contribution in [2.75, 3.05) is 39.9 Å². The van der Waals surface area contributed by atoms with Gasteiger partial charge in [-0.25, -0.2) is 13.6 Å². The first-order valence-corrected chi connectivity index (χ1v) is 12.8. The number of methoxy groups -OCH3 is 1. The first kappa shape index (κ1) is 26.5. The highest BCUT2D eigenvalue weighted by molar-refractivity contribution is 5.75. The van der Waals surface area contributed by atoms with E-state index < -0.39 is 23.3 Å². The Bertz CT molecular complexity index is 1050. The Morgan fingerprint density at radius 2 is 1.86 bits per heavy atom. The fourth-order valence-electron chi connectivity index (χ4n) is 5.68. The summed E-state index contributed by atoms with van der Waals surface area (Å²) in [6, 6.07) is 10.2. The zero-order valence-corrected chi connectivity index (χ0v) is 20.8. The van der Waals surface area contributed by atoms with Crippen LogP contribution in [0.15, 0.2) is 42.5 Å². The number of rotatable bonds is 8. The fourth-order valence-corrected chi connectivity index (χ4v) is 5.68. The van der Waals surface area contributed by atoms with Crippen molar-refractivity contribution in [1.29, 1.82) is 0 Å². The number of ether oxygens (including phenoxy) is 1. The van der Waals surface area contributed by atoms with Crippen molar-refractivity contribution in [3.63, 3.8) is 0 Å². The van der Waals surface area contributed by atoms with Crippen molar-refractivity contribution in [3.05, 3.63) is 59.7 Å². The van der Waals surface area contributed by atoms with E-state index >= 15 is 4.39 Å². The number of nitrogens with zero attached hydrogens (tertiary/aromatic N) is 2. The van der Waals surface area contributed by atoms with Gasteiger partial charge in [0, 0.05) is 51.4 Å². The molecule has 2 aliphatic rings. The minimum atomic E-state index is -1.43. The second-order valence-electron chi connectivity index (χ2n) is 10.0. The van der Waals surface area contributed by atoms with Crippen molar-refractivity contribution < 1.29 is 28.5 Å². The van der Waals surface area contributed by atoms with E-state index in [0.29, 0.717) is 76.0 Å². The standard InChI is InChI=1S/C28H36F2N2O4/c1-36-16-3-2-13-28(35,21-8-6-14-31(18-21)27(34)32-15-12-23(33)19-32)24-10-5-11-25(30)26(24)20-7-4-9-22(29)17-20/h4-5,7,9-11,17,21,23,33,35H,2-3,6,8,12-16,18-19H2,1H3/t21-,23-,28+/m1/s1. The molecule has 2 saturated heterocycles. The third-order valence-electron chi connectivity index (χ3n) is 7.55. The lowest BCUT2D eigenvalue weighted by Crippen LogP contribution is -2.51. The quantitative estimate of drug-likeness (QED) is 0.520. The van der Waals surface area contributed by atoms with Gasteiger partial charge in [-0.15, -0.1) is 0 Å². The van der Waals surface area contributed by atoms with Crippen LogP contribution in [-0.4, -0.2) is 72.0 Å². The third kappa shape index (κ3) is 5.71. The fraction of sp³-hybridized carbons (Fsp3) is 0.536. The zero-order chi connectivity index (χ0) is 25.7. The highest BCUT2D eigenvalue weighted by atomic mass is 19.1. The average molecular weight is 503 g/mol. The Hall–Kier alpha value is -2.55. The van der Waals surface area contributed by atoms with Gasteiger partial charge in [-0.05, 0) is 67.9 Å². The average Bonchev–Trinajstić information content (AvgIpc) is 3.32. The third-order valence-corrected chi connectivity index (χ3v) is 7.55. The van der Waals surface area contributed by atoms with Crippen LogP contribution in [0.2, 0.25) is 0 Å². The molecule has 2 N–H and O–H groups in total. The number of carbonyl (C=O) groups is 1. The molecule has 2 amide bonds. The van der Waals surface area contributed by atoms with Crippen LogP contribution in [0.25, 0.3) is 11.1 Å². The molecule has 3 atom stereocenters. The van der Waals surface area contributed by atoms with Crippen molar-refractivity contribution in [2.45, 2.75) is 50.2 Å². The van der Waals surface area contributed by atoms with E-state index in [4.69, 9.17) is 4.74 Å². The zero-order valence-electron chi connectivity index (χ0n) is 20.8. The van der Waals surface area contributed by atoms with Gasteiger partial charge in [0.05, 0.1) is 11.7 Å². The SMILES string of the molecule is COCCCC[C@@](O)(c1cccc(F)c1-c1cccc(F)c1)[C@@H]1CCCN(C(=O)N2CC[C@@H](O)C2)C1. The Kier molecular flexibility index (Phi) is 8.59. The van der Waals surface area contributed by atoms with E-state index in [9.17, 15) is 19.4 Å². The Labute approximate surface area is 211 Å². The minimum Gasteiger partial charge on any atom is -0.391 e. The molecule has 2 fully saturated rings. The molecule has 2 heterocycles. The van der Waals surface area contributed by atoms with E-state index in [1.54, 1.807) is 35.1 Å². The van der Waals surface area contributed by atoms with Gasteiger partial charge in [0.2, 0.25) is 0 Å². The molecular formula is C28H36F2N2O4. The highest BCUT2D eigenvalue weighted by Crippen LogP contribution is 2.44. The number of piperidine rings is 1. The smallest absolute Gasteiger partial charge is 0.320 e. The van der Waals surface area contributed by atoms with Crippen molar-refractivity contribution in [1.82, 2.24) is 9.80 Å². The maximum atomic E-state index is 15.3. The van der Waals surface area contributed by atoms with Crippen molar-refractivity contribution in [3.8, 4) is 11.1 Å². The molecule has 0 unspecified atom stereocenters. The molecule has 8 heteroatoms. The second-order valence-corrected chi connectivity index (χ2v) is 10.0. The number of likely N-dealkylation sites (tertiary alicyclic amines) is 2. The summed E-state index contributed by atoms with van der Waals surface area (Å²) in [6.45, 7) is 2.26. The van der Waals surface area contributed by atoms with Crippen LogP contribution in [0.1, 0.15) is 44.1 Å². The van der Waals surface area contributed by atoms with Crippen LogP contribution in [0, 0.1) is 17.6 Å². The van der Waals surface area contributed by atoms with Crippen molar-refractivity contribution >= 4 is 6.03 Å². The van der Waals surface area contributed by atoms with Gasteiger partial charge >= 0.3 is 6.03 Å². The van der Waals surface area contributed by atoms with Gasteiger partial charge in [0.25, 0.3) is 0 Å². The lowest BCUT2D eigenvalue weighted by atomic mass is 9.72. The van der Waals surface area contributed by atoms with Crippen molar-refractivity contribution in [2.24, 2.45) is 5.92 Å². The first-order chi connectivity index (χ1) is 17.3. The van der Waals surface area contributed by atoms with Crippen LogP contribution in [0.5, 0.6) is 0 Å². The van der Waals surface area contributed by atoms with Gasteiger partial charge < -0.3 is 24.7 Å². The molecule has 0 aliphatic carbocycles. The summed E-state index contributed by atoms with van der Waals surface area (Å²) in [5.41, 5.74) is -0.451. The summed E-state index contributed by atoms with van der Waals surface area (Å²) in [4.78, 5) is 16.6. The van der Waals surface area contributed by atoms with Crippen LogP contribution in [0.4, 0.5) is 13.6 Å². The van der Waals surface area contributed by atoms with Crippen LogP contribution in [-0.2, 0) is 10.3 Å². The Balaban J connectivity index is 1.69. The highest BCUT2D eigenvalue weighted by Gasteiger charge is 2.43. The summed E-state index contributed by atoms with van der Waals surface area (Å²) in [5, 5.41) is 22.2. The molecule has 196 valence electrons. The van der Waals surface area contributed by atoms with E-state index in [1.165, 1.54) is 24.3 Å². The second kappa shape index (κ2) is 11.7. The van der Waals surface area contributed by atoms with Crippen LogP contribution < -0.4 is 0 Å². The van der Waals surface area contributed by atoms with E-state index in [1.807, 2.05) is 0 Å². The van der Waals surface area contributed by atoms with E-state index in [-0.39, 0.29) is 17.5 Å². The number of unbranched alkanes of at least 4 members (excludes halogenated alkanes) is 1. The van der Waals surface area contributed by atoms with Gasteiger partial charge in [-0.2, -0.15) is 0 Å². The molecule has 2 aromatic carbocycles. The lowest BCUT2D eigenvalue weighted by Gasteiger charge is -2.44. The maximum Gasteiger partial charge on any atom is 0.320 e. The molecular weight excluding hydrogens is 466 g/mol. The summed E-state index contributed by atoms with van der Waals surface area (Å²) < 4.78 is 34.6. The molecule has 6 nitrogen and oxygen atoms in total. The summed E-state index contributed by atoms with van der Waals surface area (Å²) in [5.74, 6) is -1.34. The lowest BCUT2D eigenvalue weighted by molar-refractivity contribution is -0.0573. The van der Waals surface area contributed by atoms with Gasteiger partial charge in [0.1, 0.15) is 11.6 Å². The summed E-state index contributed by atoms with van der Waals surface area (Å²) in [7, 11) is 1.63. The number of benzene rings is 2. The maximum absolute atomic E-state index is 15.3. The number of halogens is 2. The molecule has 0 saturated carbocycles. The largest absolute Gasteiger partial charge is 0.391 e. The van der Waals surface area contributed by atoms with Gasteiger partial charge in [0.15, 0.2) is 0 Å². The van der Waals surface area contributed by atoms with Gasteiger partial charge in [-0.3, -0.25) is 0 Å². The number of hydrogen-bond acceptors (Lipinski definition) is 4. The number of β-amino-alcohol motifs (C(OH)–C–C–N with tert-alkyl or cyclic N) is 1. The Morgan fingerprint density at radius 1 is 1.08 bits per heavy atom. The number of hydrogen-bond donors (Lipinski definition) is 2. The van der Waals surface area contributed by atoms with Crippen LogP contribution >= 0.6 is 0 Å². The monoisotopic (exact) mass is 502 g/mol. The molecule has 4 rings (SSSR count). The van der Waals surface area contributed by atoms with Crippen LogP contribution in [0.3, 0.4) is 0 Å². The predicted octanol–water partition coefficient (Wildman–Crippen LogP) is 4.53.